The van der Waals surface area contributed by atoms with Gasteiger partial charge < -0.3 is 24.3 Å². The van der Waals surface area contributed by atoms with Crippen LogP contribution in [-0.2, 0) is 11.3 Å². The second-order valence-electron chi connectivity index (χ2n) is 7.68. The van der Waals surface area contributed by atoms with Gasteiger partial charge in [-0.3, -0.25) is 9.59 Å². The lowest BCUT2D eigenvalue weighted by atomic mass is 10.1. The topological polar surface area (TPSA) is 78.8 Å². The van der Waals surface area contributed by atoms with Gasteiger partial charge in [0, 0.05) is 58.2 Å². The first-order valence-electron chi connectivity index (χ1n) is 9.96. The van der Waals surface area contributed by atoms with Crippen LogP contribution in [0.1, 0.15) is 32.7 Å². The van der Waals surface area contributed by atoms with E-state index in [2.05, 4.69) is 35.5 Å². The standard InChI is InChI=1S/C22H25BrN4O3/c1-13-8-14(2)25-21(29)19(13)11-24-20(28)18-10-17-9-16(23)12-27(17)22(15(18)3)26-4-6-30-7-5-26/h8-10,12H,4-7,11H2,1-3H3,(H,24,28)(H,25,29). The number of carbonyl (C=O) groups excluding carboxylic acids is 1. The molecule has 3 aromatic heterocycles. The minimum Gasteiger partial charge on any atom is -0.378 e. The van der Waals surface area contributed by atoms with Gasteiger partial charge in [0.2, 0.25) is 0 Å². The maximum atomic E-state index is 13.1. The Hall–Kier alpha value is -2.58. The molecule has 0 aliphatic carbocycles. The Morgan fingerprint density at radius 2 is 1.93 bits per heavy atom. The van der Waals surface area contributed by atoms with Crippen LogP contribution < -0.4 is 15.8 Å². The molecular weight excluding hydrogens is 448 g/mol. The first kappa shape index (κ1) is 20.7. The van der Waals surface area contributed by atoms with Crippen molar-refractivity contribution in [1.82, 2.24) is 14.7 Å². The molecular formula is C22H25BrN4O3. The summed E-state index contributed by atoms with van der Waals surface area (Å²) in [6.07, 6.45) is 2.02. The van der Waals surface area contributed by atoms with Crippen LogP contribution in [0.3, 0.4) is 0 Å². The maximum absolute atomic E-state index is 13.1. The van der Waals surface area contributed by atoms with E-state index in [1.165, 1.54) is 0 Å². The van der Waals surface area contributed by atoms with E-state index < -0.39 is 0 Å². The highest BCUT2D eigenvalue weighted by atomic mass is 79.9. The van der Waals surface area contributed by atoms with Crippen LogP contribution in [0.15, 0.2) is 33.7 Å². The summed E-state index contributed by atoms with van der Waals surface area (Å²) in [6.45, 7) is 8.75. The van der Waals surface area contributed by atoms with Gasteiger partial charge in [0.05, 0.1) is 13.2 Å². The molecule has 8 heteroatoms. The van der Waals surface area contributed by atoms with Crippen LogP contribution in [0, 0.1) is 20.8 Å². The predicted octanol–water partition coefficient (Wildman–Crippen LogP) is 3.08. The second kappa shape index (κ2) is 8.28. The lowest BCUT2D eigenvalue weighted by Gasteiger charge is -2.31. The molecule has 1 aliphatic heterocycles. The number of hydrogen-bond donors (Lipinski definition) is 2. The number of aryl methyl sites for hydroxylation is 2. The van der Waals surface area contributed by atoms with Crippen molar-refractivity contribution in [3.8, 4) is 0 Å². The number of amides is 1. The molecule has 7 nitrogen and oxygen atoms in total. The van der Waals surface area contributed by atoms with Gasteiger partial charge in [0.25, 0.3) is 11.5 Å². The number of carbonyl (C=O) groups is 1. The van der Waals surface area contributed by atoms with Crippen LogP contribution in [-0.4, -0.2) is 41.6 Å². The van der Waals surface area contributed by atoms with Crippen molar-refractivity contribution in [1.29, 1.82) is 0 Å². The zero-order valence-corrected chi connectivity index (χ0v) is 18.9. The number of pyridine rings is 2. The number of rotatable bonds is 4. The summed E-state index contributed by atoms with van der Waals surface area (Å²) < 4.78 is 8.56. The van der Waals surface area contributed by atoms with E-state index in [0.29, 0.717) is 24.3 Å². The summed E-state index contributed by atoms with van der Waals surface area (Å²) in [5.41, 5.74) is 4.53. The van der Waals surface area contributed by atoms with Gasteiger partial charge in [-0.15, -0.1) is 0 Å². The van der Waals surface area contributed by atoms with Crippen molar-refractivity contribution >= 4 is 33.2 Å². The largest absolute Gasteiger partial charge is 0.378 e. The van der Waals surface area contributed by atoms with Gasteiger partial charge >= 0.3 is 0 Å². The molecule has 1 fully saturated rings. The fourth-order valence-corrected chi connectivity index (χ4v) is 4.50. The van der Waals surface area contributed by atoms with Gasteiger partial charge in [-0.05, 0) is 60.5 Å². The highest BCUT2D eigenvalue weighted by molar-refractivity contribution is 9.10. The number of ether oxygens (including phenoxy) is 1. The van der Waals surface area contributed by atoms with E-state index in [0.717, 1.165) is 45.7 Å². The highest BCUT2D eigenvalue weighted by Crippen LogP contribution is 2.30. The van der Waals surface area contributed by atoms with E-state index in [9.17, 15) is 9.59 Å². The monoisotopic (exact) mass is 472 g/mol. The number of fused-ring (bicyclic) bond motifs is 1. The maximum Gasteiger partial charge on any atom is 0.253 e. The summed E-state index contributed by atoms with van der Waals surface area (Å²) in [6, 6.07) is 5.80. The molecule has 4 heterocycles. The van der Waals surface area contributed by atoms with E-state index in [1.54, 1.807) is 0 Å². The Labute approximate surface area is 183 Å². The molecule has 0 saturated carbocycles. The normalized spacial score (nSPS) is 14.3. The molecule has 0 aromatic carbocycles. The summed E-state index contributed by atoms with van der Waals surface area (Å²) in [7, 11) is 0. The summed E-state index contributed by atoms with van der Waals surface area (Å²) in [4.78, 5) is 30.5. The molecule has 3 aromatic rings. The van der Waals surface area contributed by atoms with Crippen molar-refractivity contribution in [2.75, 3.05) is 31.2 Å². The molecule has 4 rings (SSSR count). The molecule has 30 heavy (non-hydrogen) atoms. The zero-order valence-electron chi connectivity index (χ0n) is 17.3. The first-order valence-corrected chi connectivity index (χ1v) is 10.8. The van der Waals surface area contributed by atoms with Crippen LogP contribution in [0.5, 0.6) is 0 Å². The number of anilines is 1. The van der Waals surface area contributed by atoms with Gasteiger partial charge in [-0.2, -0.15) is 0 Å². The van der Waals surface area contributed by atoms with Gasteiger partial charge in [-0.1, -0.05) is 0 Å². The van der Waals surface area contributed by atoms with Crippen LogP contribution in [0.25, 0.3) is 5.52 Å². The molecule has 0 atom stereocenters. The molecule has 1 aliphatic rings. The number of H-pyrrole nitrogens is 1. The summed E-state index contributed by atoms with van der Waals surface area (Å²) >= 11 is 3.55. The number of aromatic nitrogens is 2. The number of aromatic amines is 1. The Bertz CT molecular complexity index is 1180. The fourth-order valence-electron chi connectivity index (χ4n) is 4.06. The van der Waals surface area contributed by atoms with Crippen LogP contribution >= 0.6 is 15.9 Å². The molecule has 0 unspecified atom stereocenters. The van der Waals surface area contributed by atoms with Crippen LogP contribution in [0.2, 0.25) is 0 Å². The van der Waals surface area contributed by atoms with Crippen molar-refractivity contribution in [3.63, 3.8) is 0 Å². The van der Waals surface area contributed by atoms with Gasteiger partial charge in [0.15, 0.2) is 0 Å². The number of nitrogens with zero attached hydrogens (tertiary/aromatic N) is 2. The lowest BCUT2D eigenvalue weighted by Crippen LogP contribution is -2.38. The quantitative estimate of drug-likeness (QED) is 0.611. The molecule has 1 amide bonds. The summed E-state index contributed by atoms with van der Waals surface area (Å²) in [5, 5.41) is 2.94. The Morgan fingerprint density at radius 1 is 1.20 bits per heavy atom. The Morgan fingerprint density at radius 3 is 2.63 bits per heavy atom. The van der Waals surface area contributed by atoms with Gasteiger partial charge in [-0.25, -0.2) is 0 Å². The second-order valence-corrected chi connectivity index (χ2v) is 8.60. The molecule has 0 radical (unpaired) electrons. The predicted molar refractivity (Wildman–Crippen MR) is 121 cm³/mol. The molecule has 0 bridgehead atoms. The lowest BCUT2D eigenvalue weighted by molar-refractivity contribution is 0.0950. The number of morpholine rings is 1. The third kappa shape index (κ3) is 3.89. The zero-order chi connectivity index (χ0) is 21.4. The average Bonchev–Trinajstić information content (AvgIpc) is 3.06. The first-order chi connectivity index (χ1) is 14.3. The van der Waals surface area contributed by atoms with E-state index in [4.69, 9.17) is 4.74 Å². The molecule has 2 N–H and O–H groups in total. The SMILES string of the molecule is Cc1cc(C)c(CNC(=O)c2cc3cc(Br)cn3c(N3CCOCC3)c2C)c(=O)[nH]1. The van der Waals surface area contributed by atoms with Crippen molar-refractivity contribution < 1.29 is 9.53 Å². The summed E-state index contributed by atoms with van der Waals surface area (Å²) in [5.74, 6) is 0.803. The molecule has 0 spiro atoms. The van der Waals surface area contributed by atoms with Crippen molar-refractivity contribution in [2.45, 2.75) is 27.3 Å². The number of nitrogens with one attached hydrogen (secondary N) is 2. The molecule has 158 valence electrons. The highest BCUT2D eigenvalue weighted by Gasteiger charge is 2.22. The fraction of sp³-hybridized carbons (Fsp3) is 0.364. The minimum atomic E-state index is -0.193. The van der Waals surface area contributed by atoms with Crippen molar-refractivity contribution in [2.24, 2.45) is 0 Å². The molecule has 1 saturated heterocycles. The van der Waals surface area contributed by atoms with Crippen molar-refractivity contribution in [3.05, 3.63) is 67.2 Å². The minimum absolute atomic E-state index is 0.162. The van der Waals surface area contributed by atoms with Gasteiger partial charge in [0.1, 0.15) is 5.82 Å². The third-order valence-electron chi connectivity index (χ3n) is 5.55. The Kier molecular flexibility index (Phi) is 5.71. The Balaban J connectivity index is 1.69. The van der Waals surface area contributed by atoms with E-state index in [1.807, 2.05) is 45.2 Å². The van der Waals surface area contributed by atoms with E-state index in [-0.39, 0.29) is 18.0 Å². The van der Waals surface area contributed by atoms with E-state index >= 15 is 0 Å². The van der Waals surface area contributed by atoms with Crippen LogP contribution in [0.4, 0.5) is 5.82 Å². The number of hydrogen-bond acceptors (Lipinski definition) is 4. The smallest absolute Gasteiger partial charge is 0.253 e. The number of halogens is 1. The third-order valence-corrected chi connectivity index (χ3v) is 5.98. The average molecular weight is 473 g/mol.